The fourth-order valence-corrected chi connectivity index (χ4v) is 2.99. The van der Waals surface area contributed by atoms with Crippen molar-refractivity contribution < 1.29 is 13.7 Å². The van der Waals surface area contributed by atoms with Crippen LogP contribution in [0.5, 0.6) is 0 Å². The molecule has 0 saturated carbocycles. The maximum Gasteiger partial charge on any atom is 0.220 e. The molecule has 23 heavy (non-hydrogen) atoms. The molecule has 7 heteroatoms. The summed E-state index contributed by atoms with van der Waals surface area (Å²) in [5, 5.41) is 3.94. The minimum atomic E-state index is 0.0505. The van der Waals surface area contributed by atoms with Gasteiger partial charge in [0, 0.05) is 45.1 Å². The van der Waals surface area contributed by atoms with E-state index in [-0.39, 0.29) is 11.9 Å². The van der Waals surface area contributed by atoms with E-state index in [0.717, 1.165) is 43.9 Å². The predicted octanol–water partition coefficient (Wildman–Crippen LogP) is 1.85. The third kappa shape index (κ3) is 3.79. The molecule has 1 amide bonds. The van der Waals surface area contributed by atoms with Crippen LogP contribution in [0, 0.1) is 0 Å². The second-order valence-electron chi connectivity index (χ2n) is 5.89. The lowest BCUT2D eigenvalue weighted by Crippen LogP contribution is -2.40. The minimum Gasteiger partial charge on any atom is -0.444 e. The van der Waals surface area contributed by atoms with E-state index in [0.29, 0.717) is 12.4 Å². The van der Waals surface area contributed by atoms with Gasteiger partial charge in [-0.05, 0) is 6.42 Å². The molecule has 1 aliphatic heterocycles. The Morgan fingerprint density at radius 3 is 3.04 bits per heavy atom. The molecule has 124 valence electrons. The molecule has 0 N–H and O–H groups in total. The highest BCUT2D eigenvalue weighted by Gasteiger charge is 2.30. The summed E-state index contributed by atoms with van der Waals surface area (Å²) in [7, 11) is 0. The average molecular weight is 318 g/mol. The summed E-state index contributed by atoms with van der Waals surface area (Å²) in [6, 6.07) is 2.05. The Bertz CT molecular complexity index is 638. The van der Waals surface area contributed by atoms with Gasteiger partial charge in [0.15, 0.2) is 0 Å². The summed E-state index contributed by atoms with van der Waals surface area (Å²) in [4.78, 5) is 20.4. The van der Waals surface area contributed by atoms with Gasteiger partial charge < -0.3 is 13.8 Å². The van der Waals surface area contributed by atoms with Crippen LogP contribution in [0.1, 0.15) is 37.6 Å². The van der Waals surface area contributed by atoms with E-state index < -0.39 is 0 Å². The van der Waals surface area contributed by atoms with Crippen molar-refractivity contribution in [2.45, 2.75) is 45.8 Å². The van der Waals surface area contributed by atoms with Crippen LogP contribution in [0.15, 0.2) is 27.5 Å². The van der Waals surface area contributed by atoms with Crippen molar-refractivity contribution in [1.82, 2.24) is 19.9 Å². The number of rotatable bonds is 6. The molecule has 0 bridgehead atoms. The number of likely N-dealkylation sites (tertiary alicyclic amines) is 1. The molecular weight excluding hydrogens is 296 g/mol. The molecule has 7 nitrogen and oxygen atoms in total. The summed E-state index contributed by atoms with van der Waals surface area (Å²) in [6.45, 7) is 6.56. The van der Waals surface area contributed by atoms with Gasteiger partial charge in [0.05, 0.1) is 18.4 Å². The number of oxazole rings is 1. The van der Waals surface area contributed by atoms with Gasteiger partial charge in [0.1, 0.15) is 12.0 Å². The molecule has 1 aliphatic rings. The molecule has 1 unspecified atom stereocenters. The van der Waals surface area contributed by atoms with Gasteiger partial charge in [-0.2, -0.15) is 0 Å². The molecule has 0 aliphatic carbocycles. The van der Waals surface area contributed by atoms with Crippen molar-refractivity contribution in [1.29, 1.82) is 0 Å². The first kappa shape index (κ1) is 15.7. The first-order chi connectivity index (χ1) is 11.2. The molecule has 1 saturated heterocycles. The van der Waals surface area contributed by atoms with Gasteiger partial charge in [-0.3, -0.25) is 9.69 Å². The summed E-state index contributed by atoms with van der Waals surface area (Å²) in [6.07, 6.45) is 5.07. The molecular formula is C16H22N4O3. The van der Waals surface area contributed by atoms with Crippen molar-refractivity contribution in [3.05, 3.63) is 35.9 Å². The van der Waals surface area contributed by atoms with Gasteiger partial charge >= 0.3 is 0 Å². The lowest BCUT2D eigenvalue weighted by molar-refractivity contribution is -0.132. The van der Waals surface area contributed by atoms with Crippen LogP contribution in [0.4, 0.5) is 0 Å². The average Bonchev–Trinajstić information content (AvgIpc) is 3.26. The third-order valence-electron chi connectivity index (χ3n) is 4.23. The molecule has 3 rings (SSSR count). The number of aryl methyl sites for hydroxylation is 1. The third-order valence-corrected chi connectivity index (χ3v) is 4.23. The summed E-state index contributed by atoms with van der Waals surface area (Å²) < 4.78 is 10.5. The summed E-state index contributed by atoms with van der Waals surface area (Å²) >= 11 is 0. The Hall–Kier alpha value is -2.15. The van der Waals surface area contributed by atoms with Gasteiger partial charge in [0.2, 0.25) is 11.8 Å². The normalized spacial score (nSPS) is 18.4. The van der Waals surface area contributed by atoms with Crippen molar-refractivity contribution in [3.8, 4) is 0 Å². The largest absolute Gasteiger partial charge is 0.444 e. The van der Waals surface area contributed by atoms with Crippen molar-refractivity contribution in [2.24, 2.45) is 0 Å². The van der Waals surface area contributed by atoms with Gasteiger partial charge in [0.25, 0.3) is 0 Å². The first-order valence-corrected chi connectivity index (χ1v) is 7.98. The molecule has 1 fully saturated rings. The molecule has 0 aromatic carbocycles. The Balaban J connectivity index is 1.61. The molecule has 1 atom stereocenters. The number of carbonyl (C=O) groups is 1. The highest BCUT2D eigenvalue weighted by Crippen LogP contribution is 2.20. The number of amides is 1. The number of aromatic nitrogens is 2. The van der Waals surface area contributed by atoms with Crippen LogP contribution in [0.2, 0.25) is 0 Å². The van der Waals surface area contributed by atoms with E-state index in [2.05, 4.69) is 15.0 Å². The van der Waals surface area contributed by atoms with Crippen LogP contribution in [-0.2, 0) is 24.3 Å². The van der Waals surface area contributed by atoms with Crippen LogP contribution in [-0.4, -0.2) is 45.0 Å². The highest BCUT2D eigenvalue weighted by atomic mass is 16.5. The molecule has 0 spiro atoms. The maximum absolute atomic E-state index is 12.0. The van der Waals surface area contributed by atoms with Crippen molar-refractivity contribution in [2.75, 3.05) is 13.1 Å². The van der Waals surface area contributed by atoms with Crippen molar-refractivity contribution in [3.63, 3.8) is 0 Å². The van der Waals surface area contributed by atoms with E-state index >= 15 is 0 Å². The van der Waals surface area contributed by atoms with Gasteiger partial charge in [-0.25, -0.2) is 4.98 Å². The smallest absolute Gasteiger partial charge is 0.220 e. The standard InChI is InChI=1S/C16H22N4O3/c1-3-15-8-17-16(23-15)11-20(12(2)21)14-4-6-19(10-14)9-13-5-7-22-18-13/h5,7-8,14H,3-4,6,9-11H2,1-2H3. The summed E-state index contributed by atoms with van der Waals surface area (Å²) in [5.74, 6) is 1.50. The monoisotopic (exact) mass is 318 g/mol. The number of hydrogen-bond donors (Lipinski definition) is 0. The lowest BCUT2D eigenvalue weighted by Gasteiger charge is -2.26. The van der Waals surface area contributed by atoms with E-state index in [1.54, 1.807) is 19.4 Å². The van der Waals surface area contributed by atoms with Crippen LogP contribution < -0.4 is 0 Å². The van der Waals surface area contributed by atoms with E-state index in [1.807, 2.05) is 17.9 Å². The van der Waals surface area contributed by atoms with Gasteiger partial charge in [-0.1, -0.05) is 12.1 Å². The summed E-state index contributed by atoms with van der Waals surface area (Å²) in [5.41, 5.74) is 0.917. The van der Waals surface area contributed by atoms with E-state index in [4.69, 9.17) is 8.94 Å². The zero-order valence-electron chi connectivity index (χ0n) is 13.6. The van der Waals surface area contributed by atoms with E-state index in [1.165, 1.54) is 0 Å². The Labute approximate surface area is 135 Å². The fraction of sp³-hybridized carbons (Fsp3) is 0.562. The molecule has 3 heterocycles. The number of nitrogens with zero attached hydrogens (tertiary/aromatic N) is 4. The van der Waals surface area contributed by atoms with Crippen LogP contribution in [0.25, 0.3) is 0 Å². The Morgan fingerprint density at radius 2 is 2.39 bits per heavy atom. The minimum absolute atomic E-state index is 0.0505. The second-order valence-corrected chi connectivity index (χ2v) is 5.89. The van der Waals surface area contributed by atoms with Gasteiger partial charge in [-0.15, -0.1) is 0 Å². The topological polar surface area (TPSA) is 75.6 Å². The molecule has 0 radical (unpaired) electrons. The zero-order chi connectivity index (χ0) is 16.2. The quantitative estimate of drug-likeness (QED) is 0.809. The second kappa shape index (κ2) is 6.95. The van der Waals surface area contributed by atoms with Crippen LogP contribution >= 0.6 is 0 Å². The predicted molar refractivity (Wildman–Crippen MR) is 82.3 cm³/mol. The van der Waals surface area contributed by atoms with Crippen LogP contribution in [0.3, 0.4) is 0 Å². The first-order valence-electron chi connectivity index (χ1n) is 7.98. The Morgan fingerprint density at radius 1 is 1.52 bits per heavy atom. The Kier molecular flexibility index (Phi) is 4.76. The number of carbonyl (C=O) groups excluding carboxylic acids is 1. The number of hydrogen-bond acceptors (Lipinski definition) is 6. The van der Waals surface area contributed by atoms with E-state index in [9.17, 15) is 4.79 Å². The lowest BCUT2D eigenvalue weighted by atomic mass is 10.2. The maximum atomic E-state index is 12.0. The SMILES string of the molecule is CCc1cnc(CN(C(C)=O)C2CCN(Cc3ccon3)C2)o1. The molecule has 2 aromatic heterocycles. The highest BCUT2D eigenvalue weighted by molar-refractivity contribution is 5.73. The molecule has 2 aromatic rings. The zero-order valence-corrected chi connectivity index (χ0v) is 13.6. The van der Waals surface area contributed by atoms with Crippen molar-refractivity contribution >= 4 is 5.91 Å². The fourth-order valence-electron chi connectivity index (χ4n) is 2.99.